The molecule has 0 fully saturated rings. The molecular formula is C22H28O4. The molecule has 2 aromatic rings. The van der Waals surface area contributed by atoms with E-state index in [1.165, 1.54) is 5.56 Å². The van der Waals surface area contributed by atoms with E-state index in [-0.39, 0.29) is 12.7 Å². The van der Waals surface area contributed by atoms with Crippen molar-refractivity contribution in [3.8, 4) is 5.75 Å². The van der Waals surface area contributed by atoms with Crippen molar-refractivity contribution in [1.82, 2.24) is 0 Å². The second-order valence-electron chi connectivity index (χ2n) is 6.42. The summed E-state index contributed by atoms with van der Waals surface area (Å²) < 4.78 is 16.5. The highest BCUT2D eigenvalue weighted by molar-refractivity contribution is 5.71. The lowest BCUT2D eigenvalue weighted by atomic mass is 9.99. The number of esters is 1. The number of hydrogen-bond donors (Lipinski definition) is 0. The van der Waals surface area contributed by atoms with E-state index < -0.39 is 12.3 Å². The Morgan fingerprint density at radius 3 is 2.19 bits per heavy atom. The van der Waals surface area contributed by atoms with Gasteiger partial charge in [-0.3, -0.25) is 0 Å². The maximum atomic E-state index is 11.9. The van der Waals surface area contributed by atoms with Gasteiger partial charge in [0.2, 0.25) is 0 Å². The number of carbonyl (C=O) groups is 1. The van der Waals surface area contributed by atoms with Crippen molar-refractivity contribution in [3.63, 3.8) is 0 Å². The molecule has 4 heteroatoms. The average molecular weight is 356 g/mol. The molecule has 26 heavy (non-hydrogen) atoms. The highest BCUT2D eigenvalue weighted by atomic mass is 16.7. The second kappa shape index (κ2) is 9.97. The van der Waals surface area contributed by atoms with Crippen LogP contribution >= 0.6 is 0 Å². The third kappa shape index (κ3) is 6.19. The third-order valence-corrected chi connectivity index (χ3v) is 4.38. The van der Waals surface area contributed by atoms with Crippen LogP contribution in [-0.4, -0.2) is 18.9 Å². The van der Waals surface area contributed by atoms with Crippen LogP contribution in [0.4, 0.5) is 0 Å². The van der Waals surface area contributed by atoms with Crippen LogP contribution in [0.3, 0.4) is 0 Å². The molecule has 0 amide bonds. The summed E-state index contributed by atoms with van der Waals surface area (Å²) >= 11 is 0. The lowest BCUT2D eigenvalue weighted by molar-refractivity contribution is -0.162. The molecule has 3 unspecified atom stereocenters. The van der Waals surface area contributed by atoms with E-state index in [1.54, 1.807) is 6.92 Å². The van der Waals surface area contributed by atoms with E-state index in [1.807, 2.05) is 49.4 Å². The molecule has 2 rings (SSSR count). The van der Waals surface area contributed by atoms with Crippen LogP contribution in [0.25, 0.3) is 0 Å². The Kier molecular flexibility index (Phi) is 7.67. The smallest absolute Gasteiger partial charge is 0.332 e. The van der Waals surface area contributed by atoms with Gasteiger partial charge in [0.1, 0.15) is 18.5 Å². The first kappa shape index (κ1) is 20.0. The Morgan fingerprint density at radius 1 is 0.923 bits per heavy atom. The highest BCUT2D eigenvalue weighted by Gasteiger charge is 2.14. The van der Waals surface area contributed by atoms with Crippen molar-refractivity contribution in [2.24, 2.45) is 0 Å². The van der Waals surface area contributed by atoms with Gasteiger partial charge in [-0.15, -0.1) is 0 Å². The molecule has 0 spiro atoms. The summed E-state index contributed by atoms with van der Waals surface area (Å²) in [6.45, 7) is 7.82. The van der Waals surface area contributed by atoms with Crippen LogP contribution in [0.1, 0.15) is 57.3 Å². The Bertz CT molecular complexity index is 666. The molecule has 0 N–H and O–H groups in total. The van der Waals surface area contributed by atoms with Crippen molar-refractivity contribution in [1.29, 1.82) is 0 Å². The standard InChI is InChI=1S/C22H28O4/c1-5-16(2)19-11-13-21(14-12-19)26-18(4)24-15-22(23)25-17(3)20-9-7-6-8-10-20/h6-14,16-18H,5,15H2,1-4H3. The first-order valence-corrected chi connectivity index (χ1v) is 9.12. The summed E-state index contributed by atoms with van der Waals surface area (Å²) in [5, 5.41) is 0. The van der Waals surface area contributed by atoms with E-state index in [0.717, 1.165) is 17.7 Å². The quantitative estimate of drug-likeness (QED) is 0.455. The summed E-state index contributed by atoms with van der Waals surface area (Å²) in [6.07, 6.45) is 0.254. The maximum Gasteiger partial charge on any atom is 0.332 e. The molecule has 2 aromatic carbocycles. The van der Waals surface area contributed by atoms with Crippen LogP contribution in [0.5, 0.6) is 5.75 Å². The monoisotopic (exact) mass is 356 g/mol. The Labute approximate surface area is 156 Å². The van der Waals surface area contributed by atoms with Crippen molar-refractivity contribution < 1.29 is 19.0 Å². The van der Waals surface area contributed by atoms with Crippen LogP contribution in [-0.2, 0) is 14.3 Å². The summed E-state index contributed by atoms with van der Waals surface area (Å²) in [5.41, 5.74) is 2.23. The van der Waals surface area contributed by atoms with Gasteiger partial charge in [-0.25, -0.2) is 4.79 Å². The number of benzene rings is 2. The number of carbonyl (C=O) groups excluding carboxylic acids is 1. The molecule has 0 saturated heterocycles. The molecule has 0 bridgehead atoms. The van der Waals surface area contributed by atoms with Gasteiger partial charge in [0.15, 0.2) is 6.29 Å². The van der Waals surface area contributed by atoms with Crippen LogP contribution < -0.4 is 4.74 Å². The van der Waals surface area contributed by atoms with E-state index in [0.29, 0.717) is 5.92 Å². The van der Waals surface area contributed by atoms with Crippen LogP contribution in [0, 0.1) is 0 Å². The number of hydrogen-bond acceptors (Lipinski definition) is 4. The molecule has 0 aliphatic carbocycles. The molecule has 0 saturated carbocycles. The summed E-state index contributed by atoms with van der Waals surface area (Å²) in [4.78, 5) is 11.9. The zero-order chi connectivity index (χ0) is 18.9. The minimum absolute atomic E-state index is 0.150. The molecule has 3 atom stereocenters. The van der Waals surface area contributed by atoms with Gasteiger partial charge in [-0.05, 0) is 49.4 Å². The molecule has 0 aliphatic rings. The molecule has 140 valence electrons. The van der Waals surface area contributed by atoms with Crippen molar-refractivity contribution in [3.05, 3.63) is 65.7 Å². The predicted molar refractivity (Wildman–Crippen MR) is 102 cm³/mol. The molecular weight excluding hydrogens is 328 g/mol. The summed E-state index contributed by atoms with van der Waals surface area (Å²) in [6, 6.07) is 17.6. The van der Waals surface area contributed by atoms with Crippen molar-refractivity contribution in [2.75, 3.05) is 6.61 Å². The first-order chi connectivity index (χ1) is 12.5. The van der Waals surface area contributed by atoms with E-state index in [2.05, 4.69) is 26.0 Å². The fraction of sp³-hybridized carbons (Fsp3) is 0.409. The van der Waals surface area contributed by atoms with Crippen LogP contribution in [0.15, 0.2) is 54.6 Å². The third-order valence-electron chi connectivity index (χ3n) is 4.38. The Balaban J connectivity index is 1.75. The molecule has 4 nitrogen and oxygen atoms in total. The first-order valence-electron chi connectivity index (χ1n) is 9.12. The zero-order valence-electron chi connectivity index (χ0n) is 16.0. The van der Waals surface area contributed by atoms with Gasteiger partial charge in [0.05, 0.1) is 0 Å². The topological polar surface area (TPSA) is 44.8 Å². The van der Waals surface area contributed by atoms with Crippen molar-refractivity contribution in [2.45, 2.75) is 52.4 Å². The average Bonchev–Trinajstić information content (AvgIpc) is 2.67. The molecule has 0 heterocycles. The fourth-order valence-electron chi connectivity index (χ4n) is 2.54. The maximum absolute atomic E-state index is 11.9. The van der Waals surface area contributed by atoms with Gasteiger partial charge in [-0.1, -0.05) is 56.3 Å². The van der Waals surface area contributed by atoms with Gasteiger partial charge < -0.3 is 14.2 Å². The lowest BCUT2D eigenvalue weighted by Gasteiger charge is -2.17. The van der Waals surface area contributed by atoms with E-state index in [9.17, 15) is 4.79 Å². The summed E-state index contributed by atoms with van der Waals surface area (Å²) in [7, 11) is 0. The minimum atomic E-state index is -0.538. The zero-order valence-corrected chi connectivity index (χ0v) is 16.0. The molecule has 0 aromatic heterocycles. The number of rotatable bonds is 9. The highest BCUT2D eigenvalue weighted by Crippen LogP contribution is 2.22. The Hall–Kier alpha value is -2.33. The van der Waals surface area contributed by atoms with Gasteiger partial charge in [0.25, 0.3) is 0 Å². The largest absolute Gasteiger partial charge is 0.465 e. The van der Waals surface area contributed by atoms with Crippen LogP contribution in [0.2, 0.25) is 0 Å². The lowest BCUT2D eigenvalue weighted by Crippen LogP contribution is -2.23. The molecule has 0 radical (unpaired) electrons. The second-order valence-corrected chi connectivity index (χ2v) is 6.42. The number of ether oxygens (including phenoxy) is 3. The normalized spacial score (nSPS) is 14.3. The van der Waals surface area contributed by atoms with Gasteiger partial charge in [-0.2, -0.15) is 0 Å². The van der Waals surface area contributed by atoms with E-state index >= 15 is 0 Å². The molecule has 0 aliphatic heterocycles. The van der Waals surface area contributed by atoms with Gasteiger partial charge >= 0.3 is 5.97 Å². The van der Waals surface area contributed by atoms with Crippen molar-refractivity contribution >= 4 is 5.97 Å². The fourth-order valence-corrected chi connectivity index (χ4v) is 2.54. The van der Waals surface area contributed by atoms with E-state index in [4.69, 9.17) is 14.2 Å². The minimum Gasteiger partial charge on any atom is -0.465 e. The Morgan fingerprint density at radius 2 is 1.58 bits per heavy atom. The summed E-state index contributed by atoms with van der Waals surface area (Å²) in [5.74, 6) is 0.832. The predicted octanol–water partition coefficient (Wildman–Crippen LogP) is 5.25. The SMILES string of the molecule is CCC(C)c1ccc(OC(C)OCC(=O)OC(C)c2ccccc2)cc1. The van der Waals surface area contributed by atoms with Gasteiger partial charge in [0, 0.05) is 0 Å².